The monoisotopic (exact) mass is 388 g/mol. The SMILES string of the molecule is CCc1ccccc1NC(=O)CN(C)Cc1cc(Cl)c2c(c1)OCCCO2. The molecule has 1 aliphatic rings. The topological polar surface area (TPSA) is 50.8 Å². The molecule has 0 saturated carbocycles. The molecule has 0 atom stereocenters. The van der Waals surface area contributed by atoms with Crippen molar-refractivity contribution in [3.8, 4) is 11.5 Å². The fourth-order valence-electron chi connectivity index (χ4n) is 3.13. The molecule has 0 aliphatic carbocycles. The summed E-state index contributed by atoms with van der Waals surface area (Å²) < 4.78 is 11.4. The van der Waals surface area contributed by atoms with Crippen LogP contribution in [0.1, 0.15) is 24.5 Å². The molecule has 2 aromatic carbocycles. The third-order valence-electron chi connectivity index (χ3n) is 4.40. The summed E-state index contributed by atoms with van der Waals surface area (Å²) in [6.45, 7) is 4.15. The molecule has 5 nitrogen and oxygen atoms in total. The number of anilines is 1. The van der Waals surface area contributed by atoms with Gasteiger partial charge in [-0.15, -0.1) is 0 Å². The standard InChI is InChI=1S/C21H25ClN2O3/c1-3-16-7-4-5-8-18(16)23-20(25)14-24(2)13-15-11-17(22)21-19(12-15)26-9-6-10-27-21/h4-5,7-8,11-12H,3,6,9-10,13-14H2,1-2H3,(H,23,25). The van der Waals surface area contributed by atoms with Crippen molar-refractivity contribution in [1.82, 2.24) is 4.90 Å². The predicted octanol–water partition coefficient (Wildman–Crippen LogP) is 4.13. The second-order valence-electron chi connectivity index (χ2n) is 6.69. The highest BCUT2D eigenvalue weighted by Gasteiger charge is 2.17. The summed E-state index contributed by atoms with van der Waals surface area (Å²) in [7, 11) is 1.90. The zero-order valence-corrected chi connectivity index (χ0v) is 16.5. The molecule has 3 rings (SSSR count). The maximum absolute atomic E-state index is 12.4. The minimum Gasteiger partial charge on any atom is -0.489 e. The number of carbonyl (C=O) groups excluding carboxylic acids is 1. The number of nitrogens with zero attached hydrogens (tertiary/aromatic N) is 1. The molecule has 1 aliphatic heterocycles. The smallest absolute Gasteiger partial charge is 0.238 e. The minimum absolute atomic E-state index is 0.0427. The van der Waals surface area contributed by atoms with Crippen molar-refractivity contribution in [3.63, 3.8) is 0 Å². The molecule has 1 heterocycles. The number of ether oxygens (including phenoxy) is 2. The van der Waals surface area contributed by atoms with Crippen LogP contribution >= 0.6 is 11.6 Å². The first kappa shape index (κ1) is 19.5. The summed E-state index contributed by atoms with van der Waals surface area (Å²) in [5, 5.41) is 3.54. The first-order valence-corrected chi connectivity index (χ1v) is 9.59. The summed E-state index contributed by atoms with van der Waals surface area (Å²) >= 11 is 6.35. The molecule has 0 spiro atoms. The van der Waals surface area contributed by atoms with E-state index in [9.17, 15) is 4.79 Å². The average molecular weight is 389 g/mol. The number of likely N-dealkylation sites (N-methyl/N-ethyl adjacent to an activating group) is 1. The van der Waals surface area contributed by atoms with Crippen LogP contribution in [0.15, 0.2) is 36.4 Å². The Hall–Kier alpha value is -2.24. The van der Waals surface area contributed by atoms with E-state index in [2.05, 4.69) is 12.2 Å². The molecule has 0 unspecified atom stereocenters. The third kappa shape index (κ3) is 5.15. The van der Waals surface area contributed by atoms with Crippen molar-refractivity contribution in [2.75, 3.05) is 32.1 Å². The van der Waals surface area contributed by atoms with Gasteiger partial charge in [0, 0.05) is 18.7 Å². The Balaban J connectivity index is 1.62. The number of benzene rings is 2. The maximum atomic E-state index is 12.4. The van der Waals surface area contributed by atoms with E-state index in [1.54, 1.807) is 0 Å². The van der Waals surface area contributed by atoms with Crippen LogP contribution in [-0.2, 0) is 17.8 Å². The first-order valence-electron chi connectivity index (χ1n) is 9.21. The van der Waals surface area contributed by atoms with E-state index in [1.165, 1.54) is 0 Å². The van der Waals surface area contributed by atoms with Crippen LogP contribution in [0.3, 0.4) is 0 Å². The van der Waals surface area contributed by atoms with E-state index < -0.39 is 0 Å². The lowest BCUT2D eigenvalue weighted by atomic mass is 10.1. The van der Waals surface area contributed by atoms with Gasteiger partial charge in [-0.05, 0) is 42.8 Å². The Morgan fingerprint density at radius 1 is 1.22 bits per heavy atom. The largest absolute Gasteiger partial charge is 0.489 e. The number of para-hydroxylation sites is 1. The Morgan fingerprint density at radius 2 is 2.00 bits per heavy atom. The number of carbonyl (C=O) groups is 1. The lowest BCUT2D eigenvalue weighted by Gasteiger charge is -2.18. The molecule has 27 heavy (non-hydrogen) atoms. The van der Waals surface area contributed by atoms with E-state index in [1.807, 2.05) is 48.3 Å². The summed E-state index contributed by atoms with van der Waals surface area (Å²) in [6.07, 6.45) is 1.71. The molecule has 2 aromatic rings. The molecule has 1 amide bonds. The van der Waals surface area contributed by atoms with Crippen LogP contribution in [-0.4, -0.2) is 37.6 Å². The Labute approximate surface area is 165 Å². The Morgan fingerprint density at radius 3 is 2.81 bits per heavy atom. The molecule has 0 bridgehead atoms. The van der Waals surface area contributed by atoms with Crippen molar-refractivity contribution in [2.24, 2.45) is 0 Å². The van der Waals surface area contributed by atoms with Gasteiger partial charge in [-0.1, -0.05) is 36.7 Å². The lowest BCUT2D eigenvalue weighted by Crippen LogP contribution is -2.30. The second-order valence-corrected chi connectivity index (χ2v) is 7.09. The van der Waals surface area contributed by atoms with E-state index in [0.29, 0.717) is 36.3 Å². The van der Waals surface area contributed by atoms with Crippen molar-refractivity contribution in [2.45, 2.75) is 26.3 Å². The molecular weight excluding hydrogens is 364 g/mol. The number of fused-ring (bicyclic) bond motifs is 1. The van der Waals surface area contributed by atoms with E-state index >= 15 is 0 Å². The van der Waals surface area contributed by atoms with Crippen molar-refractivity contribution in [1.29, 1.82) is 0 Å². The minimum atomic E-state index is -0.0427. The molecule has 0 saturated heterocycles. The zero-order valence-electron chi connectivity index (χ0n) is 15.8. The quantitative estimate of drug-likeness (QED) is 0.808. The van der Waals surface area contributed by atoms with Gasteiger partial charge in [-0.2, -0.15) is 0 Å². The fraction of sp³-hybridized carbons (Fsp3) is 0.381. The van der Waals surface area contributed by atoms with Crippen LogP contribution < -0.4 is 14.8 Å². The first-order chi connectivity index (χ1) is 13.1. The number of halogens is 1. The van der Waals surface area contributed by atoms with Gasteiger partial charge in [0.15, 0.2) is 11.5 Å². The number of nitrogens with one attached hydrogen (secondary N) is 1. The highest BCUT2D eigenvalue weighted by Crippen LogP contribution is 2.38. The number of rotatable bonds is 6. The van der Waals surface area contributed by atoms with Crippen molar-refractivity contribution >= 4 is 23.2 Å². The van der Waals surface area contributed by atoms with Crippen LogP contribution in [0.4, 0.5) is 5.69 Å². The van der Waals surface area contributed by atoms with Crippen LogP contribution in [0.2, 0.25) is 5.02 Å². The summed E-state index contributed by atoms with van der Waals surface area (Å²) in [6, 6.07) is 11.7. The van der Waals surface area contributed by atoms with Crippen molar-refractivity contribution in [3.05, 3.63) is 52.5 Å². The number of hydrogen-bond donors (Lipinski definition) is 1. The highest BCUT2D eigenvalue weighted by atomic mass is 35.5. The molecular formula is C21H25ClN2O3. The maximum Gasteiger partial charge on any atom is 0.238 e. The van der Waals surface area contributed by atoms with Gasteiger partial charge < -0.3 is 14.8 Å². The number of amides is 1. The van der Waals surface area contributed by atoms with Gasteiger partial charge in [0.25, 0.3) is 0 Å². The van der Waals surface area contributed by atoms with Crippen molar-refractivity contribution < 1.29 is 14.3 Å². The van der Waals surface area contributed by atoms with Gasteiger partial charge in [0.1, 0.15) is 0 Å². The van der Waals surface area contributed by atoms with Gasteiger partial charge in [0.2, 0.25) is 5.91 Å². The molecule has 0 aromatic heterocycles. The van der Waals surface area contributed by atoms with Gasteiger partial charge >= 0.3 is 0 Å². The predicted molar refractivity (Wildman–Crippen MR) is 108 cm³/mol. The summed E-state index contributed by atoms with van der Waals surface area (Å²) in [5.74, 6) is 1.23. The normalized spacial score (nSPS) is 13.3. The van der Waals surface area contributed by atoms with Gasteiger partial charge in [-0.3, -0.25) is 9.69 Å². The zero-order chi connectivity index (χ0) is 19.2. The number of hydrogen-bond acceptors (Lipinski definition) is 4. The second kappa shape index (κ2) is 9.11. The molecule has 1 N–H and O–H groups in total. The van der Waals surface area contributed by atoms with E-state index in [4.69, 9.17) is 21.1 Å². The Kier molecular flexibility index (Phi) is 6.58. The highest BCUT2D eigenvalue weighted by molar-refractivity contribution is 6.32. The lowest BCUT2D eigenvalue weighted by molar-refractivity contribution is -0.117. The third-order valence-corrected chi connectivity index (χ3v) is 4.68. The summed E-state index contributed by atoms with van der Waals surface area (Å²) in [5.41, 5.74) is 2.98. The molecule has 6 heteroatoms. The fourth-order valence-corrected chi connectivity index (χ4v) is 3.42. The summed E-state index contributed by atoms with van der Waals surface area (Å²) in [4.78, 5) is 14.3. The number of aryl methyl sites for hydroxylation is 1. The average Bonchev–Trinajstić information content (AvgIpc) is 2.87. The molecule has 0 fully saturated rings. The molecule has 144 valence electrons. The Bertz CT molecular complexity index is 810. The van der Waals surface area contributed by atoms with E-state index in [-0.39, 0.29) is 12.5 Å². The van der Waals surface area contributed by atoms with Crippen LogP contribution in [0.25, 0.3) is 0 Å². The van der Waals surface area contributed by atoms with Gasteiger partial charge in [0.05, 0.1) is 24.8 Å². The van der Waals surface area contributed by atoms with Crippen LogP contribution in [0, 0.1) is 0 Å². The molecule has 0 radical (unpaired) electrons. The van der Waals surface area contributed by atoms with Gasteiger partial charge in [-0.25, -0.2) is 0 Å². The van der Waals surface area contributed by atoms with Crippen LogP contribution in [0.5, 0.6) is 11.5 Å². The van der Waals surface area contributed by atoms with E-state index in [0.717, 1.165) is 29.7 Å².